The number of aryl methyl sites for hydroxylation is 1. The number of amides is 1. The molecule has 25 heavy (non-hydrogen) atoms. The zero-order chi connectivity index (χ0) is 17.6. The molecule has 0 aliphatic carbocycles. The van der Waals surface area contributed by atoms with Gasteiger partial charge in [-0.15, -0.1) is 0 Å². The lowest BCUT2D eigenvalue weighted by molar-refractivity contribution is 0.0935. The number of carbonyl (C=O) groups is 1. The number of benzene rings is 3. The van der Waals surface area contributed by atoms with E-state index < -0.39 is 0 Å². The third kappa shape index (κ3) is 4.16. The molecule has 0 aromatic heterocycles. The highest BCUT2D eigenvalue weighted by molar-refractivity contribution is 5.95. The van der Waals surface area contributed by atoms with E-state index >= 15 is 0 Å². The van der Waals surface area contributed by atoms with Gasteiger partial charge in [0.2, 0.25) is 0 Å². The molecule has 3 aromatic rings. The van der Waals surface area contributed by atoms with Crippen LogP contribution in [0.1, 0.15) is 40.9 Å². The molecule has 0 unspecified atom stereocenters. The van der Waals surface area contributed by atoms with Gasteiger partial charge in [-0.05, 0) is 42.2 Å². The SMILES string of the molecule is CC[C@@H](NC(=O)c1ccc(-c2ccccc2)cc1)c1ccc(C)cc1. The lowest BCUT2D eigenvalue weighted by atomic mass is 10.0. The molecule has 0 fully saturated rings. The van der Waals surface area contributed by atoms with Crippen LogP contribution in [-0.4, -0.2) is 5.91 Å². The van der Waals surface area contributed by atoms with Gasteiger partial charge in [-0.2, -0.15) is 0 Å². The molecule has 0 saturated carbocycles. The zero-order valence-electron chi connectivity index (χ0n) is 14.7. The monoisotopic (exact) mass is 329 g/mol. The van der Waals surface area contributed by atoms with Crippen molar-refractivity contribution in [3.05, 3.63) is 95.6 Å². The number of hydrogen-bond acceptors (Lipinski definition) is 1. The van der Waals surface area contributed by atoms with Crippen molar-refractivity contribution in [1.82, 2.24) is 5.32 Å². The fourth-order valence-corrected chi connectivity index (χ4v) is 2.91. The summed E-state index contributed by atoms with van der Waals surface area (Å²) in [5.41, 5.74) is 5.32. The molecule has 1 atom stereocenters. The van der Waals surface area contributed by atoms with Crippen LogP contribution in [0.25, 0.3) is 11.1 Å². The van der Waals surface area contributed by atoms with E-state index in [1.165, 1.54) is 5.56 Å². The molecule has 3 rings (SSSR count). The molecule has 0 aliphatic rings. The van der Waals surface area contributed by atoms with Gasteiger partial charge in [-0.1, -0.05) is 79.2 Å². The first-order chi connectivity index (χ1) is 12.2. The number of hydrogen-bond donors (Lipinski definition) is 1. The van der Waals surface area contributed by atoms with Crippen LogP contribution in [-0.2, 0) is 0 Å². The normalized spacial score (nSPS) is 11.8. The first-order valence-electron chi connectivity index (χ1n) is 8.70. The van der Waals surface area contributed by atoms with E-state index in [1.807, 2.05) is 42.5 Å². The van der Waals surface area contributed by atoms with Gasteiger partial charge in [0.15, 0.2) is 0 Å². The number of rotatable bonds is 5. The predicted octanol–water partition coefficient (Wildman–Crippen LogP) is 5.54. The van der Waals surface area contributed by atoms with Crippen molar-refractivity contribution in [2.75, 3.05) is 0 Å². The summed E-state index contributed by atoms with van der Waals surface area (Å²) in [5.74, 6) is -0.0352. The minimum atomic E-state index is -0.0352. The molecule has 1 amide bonds. The average Bonchev–Trinajstić information content (AvgIpc) is 2.67. The minimum Gasteiger partial charge on any atom is -0.345 e. The van der Waals surface area contributed by atoms with Crippen molar-refractivity contribution in [3.8, 4) is 11.1 Å². The second-order valence-corrected chi connectivity index (χ2v) is 6.29. The second-order valence-electron chi connectivity index (χ2n) is 6.29. The van der Waals surface area contributed by atoms with Crippen LogP contribution in [0, 0.1) is 6.92 Å². The summed E-state index contributed by atoms with van der Waals surface area (Å²) in [7, 11) is 0. The van der Waals surface area contributed by atoms with Crippen LogP contribution in [0.15, 0.2) is 78.9 Å². The van der Waals surface area contributed by atoms with Gasteiger partial charge in [0.1, 0.15) is 0 Å². The summed E-state index contributed by atoms with van der Waals surface area (Å²) in [6.07, 6.45) is 0.858. The van der Waals surface area contributed by atoms with Gasteiger partial charge in [-0.3, -0.25) is 4.79 Å². The number of nitrogens with one attached hydrogen (secondary N) is 1. The second kappa shape index (κ2) is 7.80. The molecule has 0 radical (unpaired) electrons. The largest absolute Gasteiger partial charge is 0.345 e. The Hall–Kier alpha value is -2.87. The van der Waals surface area contributed by atoms with Crippen molar-refractivity contribution >= 4 is 5.91 Å². The van der Waals surface area contributed by atoms with E-state index in [1.54, 1.807) is 0 Å². The van der Waals surface area contributed by atoms with E-state index in [0.29, 0.717) is 5.56 Å². The van der Waals surface area contributed by atoms with Gasteiger partial charge in [0.05, 0.1) is 6.04 Å². The molecule has 0 heterocycles. The fourth-order valence-electron chi connectivity index (χ4n) is 2.91. The van der Waals surface area contributed by atoms with Crippen molar-refractivity contribution in [2.45, 2.75) is 26.3 Å². The van der Waals surface area contributed by atoms with E-state index in [9.17, 15) is 4.79 Å². The topological polar surface area (TPSA) is 29.1 Å². The molecule has 1 N–H and O–H groups in total. The quantitative estimate of drug-likeness (QED) is 0.654. The van der Waals surface area contributed by atoms with Gasteiger partial charge >= 0.3 is 0 Å². The van der Waals surface area contributed by atoms with Crippen LogP contribution in [0.4, 0.5) is 0 Å². The molecule has 126 valence electrons. The molecule has 2 nitrogen and oxygen atoms in total. The van der Waals surface area contributed by atoms with E-state index in [4.69, 9.17) is 0 Å². The van der Waals surface area contributed by atoms with E-state index in [-0.39, 0.29) is 11.9 Å². The summed E-state index contributed by atoms with van der Waals surface area (Å²) in [6.45, 7) is 4.15. The smallest absolute Gasteiger partial charge is 0.251 e. The molecule has 0 spiro atoms. The van der Waals surface area contributed by atoms with Crippen LogP contribution in [0.3, 0.4) is 0 Å². The Balaban J connectivity index is 1.73. The predicted molar refractivity (Wildman–Crippen MR) is 104 cm³/mol. The zero-order valence-corrected chi connectivity index (χ0v) is 14.7. The molecular weight excluding hydrogens is 306 g/mol. The summed E-state index contributed by atoms with van der Waals surface area (Å²) in [5, 5.41) is 3.14. The van der Waals surface area contributed by atoms with Crippen molar-refractivity contribution in [3.63, 3.8) is 0 Å². The lowest BCUT2D eigenvalue weighted by Gasteiger charge is -2.18. The number of carbonyl (C=O) groups excluding carboxylic acids is 1. The maximum absolute atomic E-state index is 12.6. The molecule has 0 bridgehead atoms. The maximum atomic E-state index is 12.6. The van der Waals surface area contributed by atoms with Crippen LogP contribution in [0.2, 0.25) is 0 Å². The van der Waals surface area contributed by atoms with Gasteiger partial charge in [-0.25, -0.2) is 0 Å². The standard InChI is InChI=1S/C23H23NO/c1-3-22(20-11-9-17(2)10-12-20)24-23(25)21-15-13-19(14-16-21)18-7-5-4-6-8-18/h4-16,22H,3H2,1-2H3,(H,24,25)/t22-/m1/s1. The van der Waals surface area contributed by atoms with Gasteiger partial charge in [0.25, 0.3) is 5.91 Å². The lowest BCUT2D eigenvalue weighted by Crippen LogP contribution is -2.28. The maximum Gasteiger partial charge on any atom is 0.251 e. The first-order valence-corrected chi connectivity index (χ1v) is 8.70. The van der Waals surface area contributed by atoms with Crippen molar-refractivity contribution in [2.24, 2.45) is 0 Å². The summed E-state index contributed by atoms with van der Waals surface area (Å²) in [4.78, 5) is 12.6. The highest BCUT2D eigenvalue weighted by Gasteiger charge is 2.14. The van der Waals surface area contributed by atoms with Gasteiger partial charge < -0.3 is 5.32 Å². The summed E-state index contributed by atoms with van der Waals surface area (Å²) < 4.78 is 0. The van der Waals surface area contributed by atoms with Crippen LogP contribution < -0.4 is 5.32 Å². The Morgan fingerprint density at radius 2 is 1.44 bits per heavy atom. The average molecular weight is 329 g/mol. The Morgan fingerprint density at radius 1 is 0.840 bits per heavy atom. The Bertz CT molecular complexity index is 820. The molecule has 0 saturated heterocycles. The Kier molecular flexibility index (Phi) is 5.30. The fraction of sp³-hybridized carbons (Fsp3) is 0.174. The van der Waals surface area contributed by atoms with Crippen molar-refractivity contribution in [1.29, 1.82) is 0 Å². The molecule has 2 heteroatoms. The van der Waals surface area contributed by atoms with E-state index in [2.05, 4.69) is 55.6 Å². The van der Waals surface area contributed by atoms with Gasteiger partial charge in [0, 0.05) is 5.56 Å². The first kappa shape index (κ1) is 17.0. The molecular formula is C23H23NO. The summed E-state index contributed by atoms with van der Waals surface area (Å²) >= 11 is 0. The van der Waals surface area contributed by atoms with Crippen LogP contribution >= 0.6 is 0 Å². The third-order valence-corrected chi connectivity index (χ3v) is 4.45. The van der Waals surface area contributed by atoms with Crippen LogP contribution in [0.5, 0.6) is 0 Å². The summed E-state index contributed by atoms with van der Waals surface area (Å²) in [6, 6.07) is 26.3. The molecule has 3 aromatic carbocycles. The van der Waals surface area contributed by atoms with E-state index in [0.717, 1.165) is 23.1 Å². The van der Waals surface area contributed by atoms with Crippen molar-refractivity contribution < 1.29 is 4.79 Å². The Labute approximate surface area is 149 Å². The molecule has 0 aliphatic heterocycles. The highest BCUT2D eigenvalue weighted by Crippen LogP contribution is 2.21. The third-order valence-electron chi connectivity index (χ3n) is 4.45. The minimum absolute atomic E-state index is 0.0295. The highest BCUT2D eigenvalue weighted by atomic mass is 16.1. The Morgan fingerprint density at radius 3 is 2.04 bits per heavy atom.